The molecule has 0 aliphatic carbocycles. The molecule has 3 rings (SSSR count). The van der Waals surface area contributed by atoms with Crippen LogP contribution in [-0.2, 0) is 9.53 Å². The molecule has 0 bridgehead atoms. The van der Waals surface area contributed by atoms with Gasteiger partial charge in [0, 0.05) is 12.1 Å². The Morgan fingerprint density at radius 3 is 2.54 bits per heavy atom. The first-order valence-corrected chi connectivity index (χ1v) is 8.18. The summed E-state index contributed by atoms with van der Waals surface area (Å²) in [6.45, 7) is 1.67. The number of aromatic nitrogens is 1. The summed E-state index contributed by atoms with van der Waals surface area (Å²) in [5.41, 5.74) is -0.295. The zero-order valence-corrected chi connectivity index (χ0v) is 14.5. The third-order valence-corrected chi connectivity index (χ3v) is 4.03. The first kappa shape index (κ1) is 19.5. The molecule has 1 unspecified atom stereocenters. The molecule has 1 aliphatic heterocycles. The van der Waals surface area contributed by atoms with Crippen LogP contribution in [-0.4, -0.2) is 29.9 Å². The van der Waals surface area contributed by atoms with E-state index in [0.717, 1.165) is 18.3 Å². The number of alkyl halides is 3. The van der Waals surface area contributed by atoms with Crippen LogP contribution in [0, 0.1) is 0 Å². The number of hydrogen-bond donors (Lipinski definition) is 1. The quantitative estimate of drug-likeness (QED) is 0.798. The van der Waals surface area contributed by atoms with Gasteiger partial charge in [0.15, 0.2) is 5.75 Å². The Morgan fingerprint density at radius 1 is 1.25 bits per heavy atom. The summed E-state index contributed by atoms with van der Waals surface area (Å²) < 4.78 is 50.8. The van der Waals surface area contributed by atoms with Crippen molar-refractivity contribution in [2.75, 3.05) is 6.61 Å². The van der Waals surface area contributed by atoms with Crippen molar-refractivity contribution in [3.63, 3.8) is 0 Å². The Bertz CT molecular complexity index is 965. The van der Waals surface area contributed by atoms with Crippen LogP contribution >= 0.6 is 0 Å². The third-order valence-electron chi connectivity index (χ3n) is 4.03. The molecule has 0 spiro atoms. The number of hydrogen-bond acceptors (Lipinski definition) is 6. The summed E-state index contributed by atoms with van der Waals surface area (Å²) >= 11 is 0. The summed E-state index contributed by atoms with van der Waals surface area (Å²) in [5, 5.41) is 0. The predicted octanol–water partition coefficient (Wildman–Crippen LogP) is 2.89. The molecule has 1 aliphatic rings. The Balaban J connectivity index is 2.04. The number of ether oxygens (including phenoxy) is 3. The second kappa shape index (κ2) is 7.37. The van der Waals surface area contributed by atoms with Crippen LogP contribution in [0.4, 0.5) is 13.2 Å². The highest BCUT2D eigenvalue weighted by atomic mass is 19.4. The van der Waals surface area contributed by atoms with Crippen LogP contribution in [0.3, 0.4) is 0 Å². The first-order valence-electron chi connectivity index (χ1n) is 8.18. The van der Waals surface area contributed by atoms with Gasteiger partial charge in [0.2, 0.25) is 0 Å². The van der Waals surface area contributed by atoms with E-state index in [9.17, 15) is 27.6 Å². The minimum absolute atomic E-state index is 0.0228. The molecule has 0 saturated carbocycles. The summed E-state index contributed by atoms with van der Waals surface area (Å²) in [6, 6.07) is 4.77. The average Bonchev–Trinajstić information content (AvgIpc) is 2.60. The van der Waals surface area contributed by atoms with E-state index < -0.39 is 35.5 Å². The minimum Gasteiger partial charge on any atom is -0.462 e. The number of benzene rings is 1. The fraction of sp³-hybridized carbons (Fsp3) is 0.278. The van der Waals surface area contributed by atoms with E-state index >= 15 is 0 Å². The molecular weight excluding hydrogens is 383 g/mol. The lowest BCUT2D eigenvalue weighted by Crippen LogP contribution is -2.30. The maximum absolute atomic E-state index is 12.4. The second-order valence-electron chi connectivity index (χ2n) is 5.84. The summed E-state index contributed by atoms with van der Waals surface area (Å²) in [7, 11) is 0. The van der Waals surface area contributed by atoms with Gasteiger partial charge in [0.1, 0.15) is 11.3 Å². The minimum atomic E-state index is -4.84. The van der Waals surface area contributed by atoms with Crippen LogP contribution in [0.5, 0.6) is 11.5 Å². The maximum Gasteiger partial charge on any atom is 0.573 e. The van der Waals surface area contributed by atoms with E-state index in [4.69, 9.17) is 9.47 Å². The highest BCUT2D eigenvalue weighted by Gasteiger charge is 2.35. The molecule has 148 valence electrons. The Morgan fingerprint density at radius 2 is 1.93 bits per heavy atom. The molecule has 0 radical (unpaired) electrons. The van der Waals surface area contributed by atoms with Gasteiger partial charge >= 0.3 is 18.3 Å². The third kappa shape index (κ3) is 4.00. The lowest BCUT2D eigenvalue weighted by molar-refractivity contribution is -0.274. The fourth-order valence-electron chi connectivity index (χ4n) is 2.93. The van der Waals surface area contributed by atoms with Gasteiger partial charge in [0.25, 0.3) is 5.56 Å². The van der Waals surface area contributed by atoms with Crippen molar-refractivity contribution >= 4 is 11.9 Å². The number of aromatic amines is 1. The van der Waals surface area contributed by atoms with Crippen molar-refractivity contribution in [2.24, 2.45) is 0 Å². The lowest BCUT2D eigenvalue weighted by Gasteiger charge is -2.25. The van der Waals surface area contributed by atoms with Crippen molar-refractivity contribution in [2.45, 2.75) is 25.6 Å². The van der Waals surface area contributed by atoms with Gasteiger partial charge in [-0.2, -0.15) is 0 Å². The largest absolute Gasteiger partial charge is 0.573 e. The smallest absolute Gasteiger partial charge is 0.462 e. The molecule has 2 aromatic rings. The van der Waals surface area contributed by atoms with Gasteiger partial charge < -0.3 is 19.2 Å². The van der Waals surface area contributed by atoms with Gasteiger partial charge in [0.05, 0.1) is 18.6 Å². The molecule has 1 aromatic heterocycles. The van der Waals surface area contributed by atoms with Gasteiger partial charge in [-0.1, -0.05) is 12.1 Å². The topological polar surface area (TPSA) is 94.7 Å². The number of halogens is 3. The number of pyridine rings is 1. The molecule has 2 heterocycles. The van der Waals surface area contributed by atoms with Gasteiger partial charge in [-0.15, -0.1) is 13.2 Å². The number of esters is 2. The molecular formula is C18H14F3NO6. The van der Waals surface area contributed by atoms with E-state index in [-0.39, 0.29) is 29.9 Å². The van der Waals surface area contributed by atoms with Gasteiger partial charge in [-0.05, 0) is 24.6 Å². The highest BCUT2D eigenvalue weighted by Crippen LogP contribution is 2.39. The van der Waals surface area contributed by atoms with Crippen molar-refractivity contribution in [3.05, 3.63) is 57.5 Å². The standard InChI is InChI=1S/C18H14F3NO6/c1-2-26-17(25)12-8-22-16(24)14-11(7-13(23)27-15(12)14)9-3-5-10(6-4-9)28-18(19,20)21/h3-6,8,11H,2,7H2,1H3,(H,22,24). The van der Waals surface area contributed by atoms with E-state index in [0.29, 0.717) is 5.56 Å². The monoisotopic (exact) mass is 397 g/mol. The number of fused-ring (bicyclic) bond motifs is 1. The molecule has 1 atom stereocenters. The summed E-state index contributed by atoms with van der Waals surface area (Å²) in [5.74, 6) is -2.93. The van der Waals surface area contributed by atoms with Gasteiger partial charge in [-0.25, -0.2) is 4.79 Å². The van der Waals surface area contributed by atoms with Crippen molar-refractivity contribution in [1.82, 2.24) is 4.98 Å². The predicted molar refractivity (Wildman–Crippen MR) is 88.2 cm³/mol. The zero-order chi connectivity index (χ0) is 20.5. The molecule has 1 N–H and O–H groups in total. The van der Waals surface area contributed by atoms with Crippen LogP contribution in [0.15, 0.2) is 35.3 Å². The lowest BCUT2D eigenvalue weighted by atomic mass is 9.86. The van der Waals surface area contributed by atoms with E-state index in [1.165, 1.54) is 12.1 Å². The molecule has 28 heavy (non-hydrogen) atoms. The van der Waals surface area contributed by atoms with Crippen LogP contribution in [0.2, 0.25) is 0 Å². The molecule has 7 nitrogen and oxygen atoms in total. The molecule has 10 heteroatoms. The van der Waals surface area contributed by atoms with E-state index in [1.54, 1.807) is 6.92 Å². The number of nitrogens with one attached hydrogen (secondary N) is 1. The van der Waals surface area contributed by atoms with Crippen LogP contribution in [0.25, 0.3) is 0 Å². The van der Waals surface area contributed by atoms with E-state index in [1.807, 2.05) is 0 Å². The molecule has 0 amide bonds. The molecule has 1 aromatic carbocycles. The van der Waals surface area contributed by atoms with Crippen molar-refractivity contribution < 1.29 is 37.0 Å². The van der Waals surface area contributed by atoms with Crippen LogP contribution in [0.1, 0.15) is 40.7 Å². The SMILES string of the molecule is CCOC(=O)c1c[nH]c(=O)c2c1OC(=O)CC2c1ccc(OC(F)(F)F)cc1. The fourth-order valence-corrected chi connectivity index (χ4v) is 2.93. The summed E-state index contributed by atoms with van der Waals surface area (Å²) in [4.78, 5) is 38.9. The Labute approximate surface area is 156 Å². The highest BCUT2D eigenvalue weighted by molar-refractivity contribution is 5.94. The molecule has 0 fully saturated rings. The average molecular weight is 397 g/mol. The summed E-state index contributed by atoms with van der Waals surface area (Å²) in [6.07, 6.45) is -3.97. The normalized spacial score (nSPS) is 16.1. The zero-order valence-electron chi connectivity index (χ0n) is 14.5. The maximum atomic E-state index is 12.4. The Hall–Kier alpha value is -3.30. The van der Waals surface area contributed by atoms with Crippen LogP contribution < -0.4 is 15.0 Å². The number of carbonyl (C=O) groups is 2. The van der Waals surface area contributed by atoms with Crippen molar-refractivity contribution in [3.8, 4) is 11.5 Å². The van der Waals surface area contributed by atoms with Gasteiger partial charge in [-0.3, -0.25) is 9.59 Å². The molecule has 0 saturated heterocycles. The number of H-pyrrole nitrogens is 1. The number of carbonyl (C=O) groups excluding carboxylic acids is 2. The Kier molecular flexibility index (Phi) is 5.12. The first-order chi connectivity index (χ1) is 13.2. The van der Waals surface area contributed by atoms with E-state index in [2.05, 4.69) is 9.72 Å². The second-order valence-corrected chi connectivity index (χ2v) is 5.84. The number of rotatable bonds is 4. The van der Waals surface area contributed by atoms with Crippen molar-refractivity contribution in [1.29, 1.82) is 0 Å².